The summed E-state index contributed by atoms with van der Waals surface area (Å²) in [5, 5.41) is 11.6. The van der Waals surface area contributed by atoms with E-state index >= 15 is 0 Å². The Morgan fingerprint density at radius 1 is 0.957 bits per heavy atom. The highest BCUT2D eigenvalue weighted by atomic mass is 16.5. The van der Waals surface area contributed by atoms with Gasteiger partial charge in [0.05, 0.1) is 13.2 Å². The Morgan fingerprint density at radius 3 is 2.35 bits per heavy atom. The van der Waals surface area contributed by atoms with Crippen molar-refractivity contribution in [2.24, 2.45) is 0 Å². The van der Waals surface area contributed by atoms with Gasteiger partial charge in [0.15, 0.2) is 0 Å². The number of hydrogen-bond acceptors (Lipinski definition) is 3. The quantitative estimate of drug-likeness (QED) is 0.631. The third-order valence-corrected chi connectivity index (χ3v) is 4.54. The lowest BCUT2D eigenvalue weighted by Crippen LogP contribution is -1.98. The number of aryl methyl sites for hydroxylation is 2. The number of furan rings is 1. The summed E-state index contributed by atoms with van der Waals surface area (Å²) >= 11 is 0. The molecule has 0 unspecified atom stereocenters. The molecule has 3 rings (SSSR count). The fraction of sp³-hybridized carbons (Fsp3) is 0.400. The van der Waals surface area contributed by atoms with Gasteiger partial charge in [-0.2, -0.15) is 0 Å². The zero-order chi connectivity index (χ0) is 16.4. The Balaban J connectivity index is 2.03. The van der Waals surface area contributed by atoms with Gasteiger partial charge in [-0.1, -0.05) is 31.9 Å². The second kappa shape index (κ2) is 6.63. The normalized spacial score (nSPS) is 11.5. The van der Waals surface area contributed by atoms with E-state index in [1.165, 1.54) is 12.8 Å². The van der Waals surface area contributed by atoms with Gasteiger partial charge in [0, 0.05) is 16.3 Å². The summed E-state index contributed by atoms with van der Waals surface area (Å²) < 4.78 is 12.1. The van der Waals surface area contributed by atoms with Crippen LogP contribution in [0.25, 0.3) is 21.9 Å². The summed E-state index contributed by atoms with van der Waals surface area (Å²) in [5.74, 6) is 0.896. The van der Waals surface area contributed by atoms with E-state index in [2.05, 4.69) is 13.0 Å². The SMILES string of the molecule is CCCCCOc1ccc2c(oc3c(C)c(CO)ccc32)c1C. The summed E-state index contributed by atoms with van der Waals surface area (Å²) in [6, 6.07) is 8.10. The van der Waals surface area contributed by atoms with Gasteiger partial charge < -0.3 is 14.3 Å². The average Bonchev–Trinajstić information content (AvgIpc) is 2.94. The van der Waals surface area contributed by atoms with Crippen molar-refractivity contribution < 1.29 is 14.3 Å². The zero-order valence-corrected chi connectivity index (χ0v) is 14.1. The minimum atomic E-state index is 0.0313. The molecule has 1 heterocycles. The molecule has 0 saturated heterocycles. The van der Waals surface area contributed by atoms with Crippen LogP contribution in [0.5, 0.6) is 5.75 Å². The molecule has 3 aromatic rings. The van der Waals surface area contributed by atoms with Crippen LogP contribution in [0, 0.1) is 13.8 Å². The molecule has 0 aliphatic rings. The van der Waals surface area contributed by atoms with E-state index in [0.29, 0.717) is 0 Å². The maximum Gasteiger partial charge on any atom is 0.142 e. The van der Waals surface area contributed by atoms with Crippen molar-refractivity contribution in [2.45, 2.75) is 46.6 Å². The highest BCUT2D eigenvalue weighted by Gasteiger charge is 2.15. The molecule has 3 heteroatoms. The lowest BCUT2D eigenvalue weighted by molar-refractivity contribution is 0.281. The summed E-state index contributed by atoms with van der Waals surface area (Å²) in [6.45, 7) is 7.00. The predicted octanol–water partition coefficient (Wildman–Crippen LogP) is 5.26. The molecule has 0 saturated carbocycles. The number of aliphatic hydroxyl groups is 1. The van der Waals surface area contributed by atoms with Gasteiger partial charge in [-0.05, 0) is 43.5 Å². The Bertz CT molecular complexity index is 830. The van der Waals surface area contributed by atoms with Crippen molar-refractivity contribution in [3.8, 4) is 5.75 Å². The van der Waals surface area contributed by atoms with Gasteiger partial charge in [-0.25, -0.2) is 0 Å². The second-order valence-electron chi connectivity index (χ2n) is 6.11. The van der Waals surface area contributed by atoms with Gasteiger partial charge in [0.1, 0.15) is 16.9 Å². The van der Waals surface area contributed by atoms with Crippen molar-refractivity contribution in [3.05, 3.63) is 41.0 Å². The first kappa shape index (κ1) is 15.9. The van der Waals surface area contributed by atoms with Crippen LogP contribution in [-0.4, -0.2) is 11.7 Å². The average molecular weight is 312 g/mol. The maximum absolute atomic E-state index is 9.43. The molecule has 1 N–H and O–H groups in total. The number of hydrogen-bond donors (Lipinski definition) is 1. The van der Waals surface area contributed by atoms with E-state index in [1.54, 1.807) is 0 Å². The van der Waals surface area contributed by atoms with Crippen LogP contribution < -0.4 is 4.74 Å². The molecular weight excluding hydrogens is 288 g/mol. The second-order valence-corrected chi connectivity index (χ2v) is 6.11. The monoisotopic (exact) mass is 312 g/mol. The highest BCUT2D eigenvalue weighted by Crippen LogP contribution is 2.37. The van der Waals surface area contributed by atoms with Crippen LogP contribution >= 0.6 is 0 Å². The smallest absolute Gasteiger partial charge is 0.142 e. The van der Waals surface area contributed by atoms with Gasteiger partial charge in [-0.15, -0.1) is 0 Å². The van der Waals surface area contributed by atoms with Gasteiger partial charge in [-0.3, -0.25) is 0 Å². The molecule has 0 radical (unpaired) electrons. The van der Waals surface area contributed by atoms with Crippen LogP contribution in [0.3, 0.4) is 0 Å². The van der Waals surface area contributed by atoms with E-state index in [9.17, 15) is 5.11 Å². The maximum atomic E-state index is 9.43. The standard InChI is InChI=1S/C20H24O3/c1-4-5-6-11-22-18-10-9-17-16-8-7-15(12-21)13(2)19(16)23-20(17)14(18)3/h7-10,21H,4-6,11-12H2,1-3H3. The molecular formula is C20H24O3. The first-order valence-electron chi connectivity index (χ1n) is 8.35. The van der Waals surface area contributed by atoms with Gasteiger partial charge in [0.2, 0.25) is 0 Å². The van der Waals surface area contributed by atoms with Gasteiger partial charge in [0.25, 0.3) is 0 Å². The molecule has 23 heavy (non-hydrogen) atoms. The predicted molar refractivity (Wildman–Crippen MR) is 94.1 cm³/mol. The molecule has 0 fully saturated rings. The van der Waals surface area contributed by atoms with E-state index in [0.717, 1.165) is 57.4 Å². The number of unbranched alkanes of at least 4 members (excludes halogenated alkanes) is 2. The highest BCUT2D eigenvalue weighted by molar-refractivity contribution is 6.07. The topological polar surface area (TPSA) is 42.6 Å². The van der Waals surface area contributed by atoms with Crippen molar-refractivity contribution in [3.63, 3.8) is 0 Å². The van der Waals surface area contributed by atoms with E-state index in [-0.39, 0.29) is 6.61 Å². The minimum Gasteiger partial charge on any atom is -0.493 e. The van der Waals surface area contributed by atoms with Crippen molar-refractivity contribution in [1.82, 2.24) is 0 Å². The molecule has 0 aliphatic carbocycles. The summed E-state index contributed by atoms with van der Waals surface area (Å²) in [5.41, 5.74) is 4.69. The van der Waals surface area contributed by atoms with Crippen LogP contribution in [0.1, 0.15) is 42.9 Å². The molecule has 0 atom stereocenters. The first-order valence-corrected chi connectivity index (χ1v) is 8.35. The third-order valence-electron chi connectivity index (χ3n) is 4.54. The van der Waals surface area contributed by atoms with Crippen LogP contribution in [0.4, 0.5) is 0 Å². The minimum absolute atomic E-state index is 0.0313. The Morgan fingerprint density at radius 2 is 1.65 bits per heavy atom. The molecule has 0 aliphatic heterocycles. The van der Waals surface area contributed by atoms with Crippen LogP contribution in [-0.2, 0) is 6.61 Å². The molecule has 0 bridgehead atoms. The Hall–Kier alpha value is -2.00. The number of benzene rings is 2. The molecule has 122 valence electrons. The van der Waals surface area contributed by atoms with E-state index in [1.807, 2.05) is 32.0 Å². The van der Waals surface area contributed by atoms with E-state index < -0.39 is 0 Å². The van der Waals surface area contributed by atoms with Crippen molar-refractivity contribution in [1.29, 1.82) is 0 Å². The lowest BCUT2D eigenvalue weighted by atomic mass is 10.0. The van der Waals surface area contributed by atoms with Gasteiger partial charge >= 0.3 is 0 Å². The number of fused-ring (bicyclic) bond motifs is 3. The zero-order valence-electron chi connectivity index (χ0n) is 14.1. The molecule has 3 nitrogen and oxygen atoms in total. The largest absolute Gasteiger partial charge is 0.493 e. The summed E-state index contributed by atoms with van der Waals surface area (Å²) in [6.07, 6.45) is 3.46. The molecule has 0 spiro atoms. The van der Waals surface area contributed by atoms with Crippen molar-refractivity contribution in [2.75, 3.05) is 6.61 Å². The number of ether oxygens (including phenoxy) is 1. The fourth-order valence-corrected chi connectivity index (χ4v) is 3.06. The number of rotatable bonds is 6. The Labute approximate surface area is 136 Å². The lowest BCUT2D eigenvalue weighted by Gasteiger charge is -2.08. The molecule has 0 amide bonds. The summed E-state index contributed by atoms with van der Waals surface area (Å²) in [7, 11) is 0. The van der Waals surface area contributed by atoms with Crippen LogP contribution in [0.2, 0.25) is 0 Å². The Kier molecular flexibility index (Phi) is 4.58. The van der Waals surface area contributed by atoms with Crippen molar-refractivity contribution >= 4 is 21.9 Å². The first-order chi connectivity index (χ1) is 11.2. The molecule has 1 aromatic heterocycles. The summed E-state index contributed by atoms with van der Waals surface area (Å²) in [4.78, 5) is 0. The van der Waals surface area contributed by atoms with Crippen LogP contribution in [0.15, 0.2) is 28.7 Å². The number of aliphatic hydroxyl groups excluding tert-OH is 1. The molecule has 2 aromatic carbocycles. The fourth-order valence-electron chi connectivity index (χ4n) is 3.06. The van der Waals surface area contributed by atoms with E-state index in [4.69, 9.17) is 9.15 Å². The third kappa shape index (κ3) is 2.81.